The van der Waals surface area contributed by atoms with Gasteiger partial charge in [-0.1, -0.05) is 59.1 Å². The van der Waals surface area contributed by atoms with Gasteiger partial charge in [-0.05, 0) is 43.3 Å². The number of hydrogen-bond donors (Lipinski definition) is 2. The molecule has 0 aromatic heterocycles. The van der Waals surface area contributed by atoms with Crippen LogP contribution in [0, 0.1) is 6.92 Å². The summed E-state index contributed by atoms with van der Waals surface area (Å²) in [5.74, 6) is -0.771. The van der Waals surface area contributed by atoms with Crippen molar-refractivity contribution >= 4 is 46.9 Å². The zero-order valence-electron chi connectivity index (χ0n) is 15.4. The molecule has 3 rings (SSSR count). The lowest BCUT2D eigenvalue weighted by Gasteiger charge is -2.10. The van der Waals surface area contributed by atoms with Crippen LogP contribution in [0.3, 0.4) is 0 Å². The van der Waals surface area contributed by atoms with E-state index in [9.17, 15) is 9.59 Å². The van der Waals surface area contributed by atoms with Crippen LogP contribution in [0.5, 0.6) is 0 Å². The minimum Gasteiger partial charge on any atom is -0.321 e. The van der Waals surface area contributed by atoms with Gasteiger partial charge >= 0.3 is 0 Å². The van der Waals surface area contributed by atoms with Gasteiger partial charge < -0.3 is 5.32 Å². The number of aryl methyl sites for hydroxylation is 1. The highest BCUT2D eigenvalue weighted by molar-refractivity contribution is 6.36. The van der Waals surface area contributed by atoms with Gasteiger partial charge in [-0.15, -0.1) is 0 Å². The summed E-state index contributed by atoms with van der Waals surface area (Å²) in [6, 6.07) is 18.8. The molecule has 0 unspecified atom stereocenters. The van der Waals surface area contributed by atoms with Crippen molar-refractivity contribution in [2.75, 3.05) is 5.32 Å². The molecule has 0 saturated heterocycles. The van der Waals surface area contributed by atoms with Crippen molar-refractivity contribution in [1.82, 2.24) is 5.43 Å². The molecule has 0 spiro atoms. The van der Waals surface area contributed by atoms with E-state index in [0.717, 1.165) is 5.56 Å². The van der Waals surface area contributed by atoms with Crippen LogP contribution >= 0.6 is 23.2 Å². The molecule has 0 saturated carbocycles. The molecule has 0 aliphatic heterocycles. The third kappa shape index (κ3) is 5.44. The maximum Gasteiger partial charge on any atom is 0.273 e. The van der Waals surface area contributed by atoms with E-state index >= 15 is 0 Å². The van der Waals surface area contributed by atoms with Crippen molar-refractivity contribution in [1.29, 1.82) is 0 Å². The van der Waals surface area contributed by atoms with E-state index in [-0.39, 0.29) is 11.5 Å². The summed E-state index contributed by atoms with van der Waals surface area (Å²) in [5.41, 5.74) is 5.27. The SMILES string of the molecule is Cc1ccc(C(=O)Nc2ccccc2C(=O)N/N=C/c2ccc(Cl)cc2Cl)cc1. The summed E-state index contributed by atoms with van der Waals surface area (Å²) in [4.78, 5) is 25.0. The predicted molar refractivity (Wildman–Crippen MR) is 117 cm³/mol. The Morgan fingerprint density at radius 2 is 1.66 bits per heavy atom. The van der Waals surface area contributed by atoms with Crippen LogP contribution in [0.15, 0.2) is 71.8 Å². The molecule has 2 N–H and O–H groups in total. The molecule has 0 atom stereocenters. The maximum absolute atomic E-state index is 12.5. The second-order valence-electron chi connectivity index (χ2n) is 6.23. The van der Waals surface area contributed by atoms with Crippen LogP contribution in [0.2, 0.25) is 10.0 Å². The lowest BCUT2D eigenvalue weighted by Crippen LogP contribution is -2.21. The smallest absolute Gasteiger partial charge is 0.273 e. The molecule has 0 aliphatic rings. The number of hydrogen-bond acceptors (Lipinski definition) is 3. The summed E-state index contributed by atoms with van der Waals surface area (Å²) >= 11 is 11.9. The number of carbonyl (C=O) groups excluding carboxylic acids is 2. The molecule has 0 radical (unpaired) electrons. The molecular formula is C22H17Cl2N3O2. The molecule has 3 aromatic carbocycles. The van der Waals surface area contributed by atoms with E-state index in [0.29, 0.717) is 26.9 Å². The van der Waals surface area contributed by atoms with Crippen molar-refractivity contribution < 1.29 is 9.59 Å². The molecular weight excluding hydrogens is 409 g/mol. The first-order valence-corrected chi connectivity index (χ1v) is 9.45. The monoisotopic (exact) mass is 425 g/mol. The van der Waals surface area contributed by atoms with Gasteiger partial charge in [0.2, 0.25) is 0 Å². The third-order valence-corrected chi connectivity index (χ3v) is 4.63. The Morgan fingerprint density at radius 1 is 0.931 bits per heavy atom. The molecule has 0 heterocycles. The van der Waals surface area contributed by atoms with E-state index in [1.165, 1.54) is 6.21 Å². The van der Waals surface area contributed by atoms with Gasteiger partial charge in [-0.25, -0.2) is 5.43 Å². The molecule has 3 aromatic rings. The fraction of sp³-hybridized carbons (Fsp3) is 0.0455. The molecule has 7 heteroatoms. The quantitative estimate of drug-likeness (QED) is 0.428. The highest BCUT2D eigenvalue weighted by Gasteiger charge is 2.13. The standard InChI is InChI=1S/C22H17Cl2N3O2/c1-14-6-8-15(9-7-14)21(28)26-20-5-3-2-4-18(20)22(29)27-25-13-16-10-11-17(23)12-19(16)24/h2-13H,1H3,(H,26,28)(H,27,29)/b25-13+. The number of nitrogens with one attached hydrogen (secondary N) is 2. The Labute approximate surface area is 178 Å². The third-order valence-electron chi connectivity index (χ3n) is 4.07. The first kappa shape index (κ1) is 20.6. The zero-order valence-corrected chi connectivity index (χ0v) is 17.0. The molecule has 146 valence electrons. The van der Waals surface area contributed by atoms with Gasteiger partial charge in [0.1, 0.15) is 0 Å². The van der Waals surface area contributed by atoms with E-state index in [2.05, 4.69) is 15.8 Å². The molecule has 0 bridgehead atoms. The number of anilines is 1. The van der Waals surface area contributed by atoms with Gasteiger partial charge in [-0.3, -0.25) is 9.59 Å². The van der Waals surface area contributed by atoms with Crippen LogP contribution in [-0.4, -0.2) is 18.0 Å². The number of halogens is 2. The number of carbonyl (C=O) groups is 2. The first-order chi connectivity index (χ1) is 13.9. The lowest BCUT2D eigenvalue weighted by molar-refractivity contribution is 0.0956. The average Bonchev–Trinajstić information content (AvgIpc) is 2.70. The Balaban J connectivity index is 1.72. The van der Waals surface area contributed by atoms with Crippen molar-refractivity contribution in [2.24, 2.45) is 5.10 Å². The second kappa shape index (κ2) is 9.37. The number of nitrogens with zero attached hydrogens (tertiary/aromatic N) is 1. The highest BCUT2D eigenvalue weighted by atomic mass is 35.5. The lowest BCUT2D eigenvalue weighted by atomic mass is 10.1. The predicted octanol–water partition coefficient (Wildman–Crippen LogP) is 5.32. The number of amides is 2. The second-order valence-corrected chi connectivity index (χ2v) is 7.07. The van der Waals surface area contributed by atoms with E-state index in [1.807, 2.05) is 19.1 Å². The Kier molecular flexibility index (Phi) is 6.65. The largest absolute Gasteiger partial charge is 0.321 e. The van der Waals surface area contributed by atoms with Crippen LogP contribution in [0.4, 0.5) is 5.69 Å². The van der Waals surface area contributed by atoms with Crippen LogP contribution in [0.1, 0.15) is 31.8 Å². The normalized spacial score (nSPS) is 10.7. The first-order valence-electron chi connectivity index (χ1n) is 8.69. The molecule has 29 heavy (non-hydrogen) atoms. The number of para-hydroxylation sites is 1. The summed E-state index contributed by atoms with van der Waals surface area (Å²) in [6.07, 6.45) is 1.42. The summed E-state index contributed by atoms with van der Waals surface area (Å²) in [7, 11) is 0. The molecule has 0 fully saturated rings. The number of benzene rings is 3. The van der Waals surface area contributed by atoms with Crippen molar-refractivity contribution in [3.05, 3.63) is 99.0 Å². The van der Waals surface area contributed by atoms with Gasteiger partial charge in [0, 0.05) is 16.1 Å². The van der Waals surface area contributed by atoms with Crippen LogP contribution < -0.4 is 10.7 Å². The minimum atomic E-state index is -0.467. The van der Waals surface area contributed by atoms with Crippen LogP contribution in [0.25, 0.3) is 0 Å². The van der Waals surface area contributed by atoms with E-state index in [1.54, 1.807) is 54.6 Å². The molecule has 2 amide bonds. The zero-order chi connectivity index (χ0) is 20.8. The van der Waals surface area contributed by atoms with E-state index < -0.39 is 5.91 Å². The Hall–Kier alpha value is -3.15. The number of rotatable bonds is 5. The summed E-state index contributed by atoms with van der Waals surface area (Å²) in [5, 5.41) is 7.62. The highest BCUT2D eigenvalue weighted by Crippen LogP contribution is 2.20. The summed E-state index contributed by atoms with van der Waals surface area (Å²) < 4.78 is 0. The fourth-order valence-electron chi connectivity index (χ4n) is 2.52. The van der Waals surface area contributed by atoms with Gasteiger partial charge in [0.15, 0.2) is 0 Å². The van der Waals surface area contributed by atoms with Crippen LogP contribution in [-0.2, 0) is 0 Å². The van der Waals surface area contributed by atoms with Crippen molar-refractivity contribution in [2.45, 2.75) is 6.92 Å². The van der Waals surface area contributed by atoms with E-state index in [4.69, 9.17) is 23.2 Å². The minimum absolute atomic E-state index is 0.285. The van der Waals surface area contributed by atoms with Gasteiger partial charge in [-0.2, -0.15) is 5.10 Å². The number of hydrazone groups is 1. The fourth-order valence-corrected chi connectivity index (χ4v) is 2.97. The average molecular weight is 426 g/mol. The Morgan fingerprint density at radius 3 is 2.38 bits per heavy atom. The van der Waals surface area contributed by atoms with Gasteiger partial charge in [0.05, 0.1) is 22.5 Å². The molecule has 5 nitrogen and oxygen atoms in total. The van der Waals surface area contributed by atoms with Crippen molar-refractivity contribution in [3.8, 4) is 0 Å². The maximum atomic E-state index is 12.5. The topological polar surface area (TPSA) is 70.6 Å². The Bertz CT molecular complexity index is 1080. The molecule has 0 aliphatic carbocycles. The van der Waals surface area contributed by atoms with Crippen molar-refractivity contribution in [3.63, 3.8) is 0 Å². The summed E-state index contributed by atoms with van der Waals surface area (Å²) in [6.45, 7) is 1.94. The van der Waals surface area contributed by atoms with Gasteiger partial charge in [0.25, 0.3) is 11.8 Å².